The predicted octanol–water partition coefficient (Wildman–Crippen LogP) is 4.70. The molecular weight excluding hydrogens is 432 g/mol. The molecule has 7 heteroatoms. The number of benzene rings is 2. The van der Waals surface area contributed by atoms with Crippen LogP contribution in [0.15, 0.2) is 48.5 Å². The van der Waals surface area contributed by atoms with E-state index in [1.54, 1.807) is 34.6 Å². The summed E-state index contributed by atoms with van der Waals surface area (Å²) in [6.45, 7) is 9.00. The number of amides is 2. The smallest absolute Gasteiger partial charge is 0.407 e. The first-order chi connectivity index (χ1) is 15.9. The van der Waals surface area contributed by atoms with Crippen LogP contribution in [0.25, 0.3) is 11.1 Å². The van der Waals surface area contributed by atoms with Gasteiger partial charge in [0.05, 0.1) is 11.0 Å². The second kappa shape index (κ2) is 9.87. The second-order valence-corrected chi connectivity index (χ2v) is 10.0. The highest BCUT2D eigenvalue weighted by atomic mass is 16.5. The summed E-state index contributed by atoms with van der Waals surface area (Å²) in [7, 11) is 0. The largest absolute Gasteiger partial charge is 0.481 e. The number of hydrogen-bond donors (Lipinski definition) is 3. The minimum Gasteiger partial charge on any atom is -0.481 e. The average Bonchev–Trinajstić information content (AvgIpc) is 3.09. The third-order valence-electron chi connectivity index (χ3n) is 7.06. The fourth-order valence-electron chi connectivity index (χ4n) is 4.15. The molecule has 0 heterocycles. The molecule has 0 saturated carbocycles. The lowest BCUT2D eigenvalue weighted by Gasteiger charge is -2.41. The van der Waals surface area contributed by atoms with E-state index in [0.717, 1.165) is 22.3 Å². The highest BCUT2D eigenvalue weighted by molar-refractivity contribution is 5.85. The molecule has 0 spiro atoms. The molecule has 0 saturated heterocycles. The fourth-order valence-corrected chi connectivity index (χ4v) is 4.15. The lowest BCUT2D eigenvalue weighted by Crippen LogP contribution is -2.60. The lowest BCUT2D eigenvalue weighted by molar-refractivity contribution is -0.138. The van der Waals surface area contributed by atoms with Crippen molar-refractivity contribution in [2.24, 2.45) is 5.41 Å². The van der Waals surface area contributed by atoms with Gasteiger partial charge in [-0.25, -0.2) is 4.79 Å². The Hall–Kier alpha value is -3.35. The van der Waals surface area contributed by atoms with Gasteiger partial charge in [-0.2, -0.15) is 0 Å². The molecule has 0 bridgehead atoms. The number of fused-ring (bicyclic) bond motifs is 3. The zero-order valence-corrected chi connectivity index (χ0v) is 20.5. The number of ether oxygens (including phenoxy) is 1. The number of carboxylic acid groups (broad SMARTS) is 1. The number of nitrogens with one attached hydrogen (secondary N) is 2. The summed E-state index contributed by atoms with van der Waals surface area (Å²) in [6, 6.07) is 16.0. The predicted molar refractivity (Wildman–Crippen MR) is 131 cm³/mol. The van der Waals surface area contributed by atoms with Crippen LogP contribution in [0, 0.1) is 5.41 Å². The Labute approximate surface area is 200 Å². The van der Waals surface area contributed by atoms with Crippen LogP contribution in [0.5, 0.6) is 0 Å². The van der Waals surface area contributed by atoms with Crippen molar-refractivity contribution in [2.45, 2.75) is 65.0 Å². The van der Waals surface area contributed by atoms with E-state index in [-0.39, 0.29) is 30.9 Å². The van der Waals surface area contributed by atoms with Crippen molar-refractivity contribution in [1.29, 1.82) is 0 Å². The van der Waals surface area contributed by atoms with Crippen molar-refractivity contribution in [1.82, 2.24) is 10.6 Å². The molecule has 1 aliphatic rings. The topological polar surface area (TPSA) is 105 Å². The number of carbonyl (C=O) groups is 3. The minimum atomic E-state index is -0.976. The van der Waals surface area contributed by atoms with E-state index in [4.69, 9.17) is 9.84 Å². The molecule has 3 N–H and O–H groups in total. The quantitative estimate of drug-likeness (QED) is 0.497. The van der Waals surface area contributed by atoms with Gasteiger partial charge >= 0.3 is 12.1 Å². The highest BCUT2D eigenvalue weighted by Crippen LogP contribution is 2.44. The lowest BCUT2D eigenvalue weighted by atomic mass is 9.73. The SMILES string of the molecule is CC(CCC(=O)O)NC(=O)C(C)(C)C(C)(C)NC(=O)OCC1c2ccccc2-c2ccccc21. The van der Waals surface area contributed by atoms with Gasteiger partial charge in [0, 0.05) is 18.4 Å². The maximum Gasteiger partial charge on any atom is 0.407 e. The van der Waals surface area contributed by atoms with E-state index in [1.807, 2.05) is 24.3 Å². The Kier molecular flexibility index (Phi) is 7.34. The van der Waals surface area contributed by atoms with Crippen molar-refractivity contribution in [2.75, 3.05) is 6.61 Å². The van der Waals surface area contributed by atoms with Crippen molar-refractivity contribution >= 4 is 18.0 Å². The van der Waals surface area contributed by atoms with E-state index in [0.29, 0.717) is 6.42 Å². The zero-order valence-electron chi connectivity index (χ0n) is 20.5. The third kappa shape index (κ3) is 5.24. The summed E-state index contributed by atoms with van der Waals surface area (Å²) < 4.78 is 5.65. The molecule has 1 aliphatic carbocycles. The van der Waals surface area contributed by atoms with Gasteiger partial charge in [-0.1, -0.05) is 48.5 Å². The molecule has 3 rings (SSSR count). The summed E-state index contributed by atoms with van der Waals surface area (Å²) in [4.78, 5) is 36.5. The molecule has 182 valence electrons. The number of rotatable bonds is 9. The van der Waals surface area contributed by atoms with Crippen molar-refractivity contribution in [3.8, 4) is 11.1 Å². The van der Waals surface area contributed by atoms with Gasteiger partial charge in [-0.05, 0) is 63.3 Å². The molecule has 1 unspecified atom stereocenters. The van der Waals surface area contributed by atoms with Crippen LogP contribution < -0.4 is 10.6 Å². The number of carboxylic acids is 1. The van der Waals surface area contributed by atoms with E-state index < -0.39 is 23.0 Å². The molecule has 34 heavy (non-hydrogen) atoms. The Balaban J connectivity index is 1.63. The summed E-state index contributed by atoms with van der Waals surface area (Å²) >= 11 is 0. The summed E-state index contributed by atoms with van der Waals surface area (Å²) in [5.74, 6) is -1.22. The second-order valence-electron chi connectivity index (χ2n) is 10.0. The molecule has 0 fully saturated rings. The Bertz CT molecular complexity index is 1030. The third-order valence-corrected chi connectivity index (χ3v) is 7.06. The molecular formula is C27H34N2O5. The van der Waals surface area contributed by atoms with Crippen LogP contribution in [0.2, 0.25) is 0 Å². The van der Waals surface area contributed by atoms with Crippen LogP contribution in [-0.4, -0.2) is 41.3 Å². The summed E-state index contributed by atoms with van der Waals surface area (Å²) in [5, 5.41) is 14.6. The van der Waals surface area contributed by atoms with E-state index in [1.165, 1.54) is 0 Å². The van der Waals surface area contributed by atoms with Crippen molar-refractivity contribution < 1.29 is 24.2 Å². The van der Waals surface area contributed by atoms with Gasteiger partial charge in [0.2, 0.25) is 5.91 Å². The van der Waals surface area contributed by atoms with Crippen LogP contribution in [0.4, 0.5) is 4.79 Å². The zero-order chi connectivity index (χ0) is 25.1. The van der Waals surface area contributed by atoms with Gasteiger partial charge in [0.15, 0.2) is 0 Å². The number of carbonyl (C=O) groups excluding carboxylic acids is 2. The van der Waals surface area contributed by atoms with Crippen molar-refractivity contribution in [3.63, 3.8) is 0 Å². The standard InChI is InChI=1S/C27H34N2O5/c1-17(14-15-23(30)31)28-24(32)26(2,3)27(4,5)29-25(33)34-16-22-20-12-8-6-10-18(20)19-11-7-9-13-21(19)22/h6-13,17,22H,14-16H2,1-5H3,(H,28,32)(H,29,33)(H,30,31). The number of alkyl carbamates (subject to hydrolysis) is 1. The van der Waals surface area contributed by atoms with Crippen LogP contribution in [-0.2, 0) is 14.3 Å². The van der Waals surface area contributed by atoms with Gasteiger partial charge in [0.1, 0.15) is 6.61 Å². The maximum atomic E-state index is 12.9. The molecule has 0 radical (unpaired) electrons. The Morgan fingerprint density at radius 2 is 1.50 bits per heavy atom. The normalized spacial score (nSPS) is 14.0. The number of aliphatic carboxylic acids is 1. The Morgan fingerprint density at radius 1 is 0.971 bits per heavy atom. The maximum absolute atomic E-state index is 12.9. The molecule has 0 aromatic heterocycles. The number of hydrogen-bond acceptors (Lipinski definition) is 4. The van der Waals surface area contributed by atoms with Gasteiger partial charge < -0.3 is 20.5 Å². The molecule has 1 atom stereocenters. The highest BCUT2D eigenvalue weighted by Gasteiger charge is 2.45. The molecule has 2 amide bonds. The molecule has 0 aliphatic heterocycles. The van der Waals surface area contributed by atoms with Crippen LogP contribution >= 0.6 is 0 Å². The monoisotopic (exact) mass is 466 g/mol. The van der Waals surface area contributed by atoms with Gasteiger partial charge in [0.25, 0.3) is 0 Å². The van der Waals surface area contributed by atoms with E-state index in [9.17, 15) is 14.4 Å². The van der Waals surface area contributed by atoms with E-state index in [2.05, 4.69) is 34.9 Å². The molecule has 2 aromatic rings. The first-order valence-electron chi connectivity index (χ1n) is 11.6. The van der Waals surface area contributed by atoms with Crippen LogP contribution in [0.1, 0.15) is 64.5 Å². The van der Waals surface area contributed by atoms with Crippen molar-refractivity contribution in [3.05, 3.63) is 59.7 Å². The average molecular weight is 467 g/mol. The van der Waals surface area contributed by atoms with Gasteiger partial charge in [-0.15, -0.1) is 0 Å². The minimum absolute atomic E-state index is 0.0245. The summed E-state index contributed by atoms with van der Waals surface area (Å²) in [5.41, 5.74) is 2.67. The molecule has 7 nitrogen and oxygen atoms in total. The Morgan fingerprint density at radius 3 is 2.03 bits per heavy atom. The summed E-state index contributed by atoms with van der Waals surface area (Å²) in [6.07, 6.45) is -0.285. The fraction of sp³-hybridized carbons (Fsp3) is 0.444. The molecule has 2 aromatic carbocycles. The van der Waals surface area contributed by atoms with E-state index >= 15 is 0 Å². The van der Waals surface area contributed by atoms with Gasteiger partial charge in [-0.3, -0.25) is 9.59 Å². The van der Waals surface area contributed by atoms with Crippen LogP contribution in [0.3, 0.4) is 0 Å². The first kappa shape index (κ1) is 25.3. The first-order valence-corrected chi connectivity index (χ1v) is 11.6.